The van der Waals surface area contributed by atoms with Crippen molar-refractivity contribution in [3.63, 3.8) is 0 Å². The number of piperidine rings is 1. The molecule has 1 N–H and O–H groups in total. The Kier molecular flexibility index (Phi) is 3.34. The van der Waals surface area contributed by atoms with E-state index in [1.54, 1.807) is 10.9 Å². The van der Waals surface area contributed by atoms with Gasteiger partial charge in [-0.05, 0) is 19.8 Å². The summed E-state index contributed by atoms with van der Waals surface area (Å²) in [5.74, 6) is 0. The van der Waals surface area contributed by atoms with Crippen molar-refractivity contribution in [1.82, 2.24) is 25.0 Å². The number of aromatic nitrogens is 3. The van der Waals surface area contributed by atoms with Crippen LogP contribution in [0.3, 0.4) is 0 Å². The first-order valence-corrected chi connectivity index (χ1v) is 7.83. The van der Waals surface area contributed by atoms with E-state index in [0.29, 0.717) is 25.9 Å². The molecule has 11 heteroatoms. The third kappa shape index (κ3) is 2.84. The number of carbonyl (C=O) groups is 1. The van der Waals surface area contributed by atoms with E-state index in [1.807, 2.05) is 6.92 Å². The third-order valence-electron chi connectivity index (χ3n) is 3.67. The average molecular weight is 317 g/mol. The Hall–Kier alpha value is -1.72. The standard InChI is InChI=1S/C10H15N5O5S/c1-7-4-13(12-11-7)5-8-2-3-9-6-14(8)10(16)15(9)20-21(17,18)19/h4,8-9H,2-3,5-6H2,1H3,(H,17,18,19)/t8-,9+/m0/s1. The smallest absolute Gasteiger partial charge is 0.316 e. The molecule has 2 aliphatic rings. The number of amides is 2. The van der Waals surface area contributed by atoms with E-state index in [9.17, 15) is 13.2 Å². The lowest BCUT2D eigenvalue weighted by molar-refractivity contribution is -0.0317. The topological polar surface area (TPSA) is 118 Å². The molecule has 0 aliphatic carbocycles. The number of fused-ring (bicyclic) bond motifs is 2. The third-order valence-corrected chi connectivity index (χ3v) is 4.02. The molecule has 2 saturated heterocycles. The highest BCUT2D eigenvalue weighted by atomic mass is 32.3. The van der Waals surface area contributed by atoms with Crippen LogP contribution in [0.2, 0.25) is 0 Å². The zero-order valence-corrected chi connectivity index (χ0v) is 12.1. The van der Waals surface area contributed by atoms with Crippen molar-refractivity contribution in [3.8, 4) is 0 Å². The Balaban J connectivity index is 1.73. The van der Waals surface area contributed by atoms with Crippen LogP contribution in [0.25, 0.3) is 0 Å². The van der Waals surface area contributed by atoms with Crippen molar-refractivity contribution >= 4 is 16.4 Å². The van der Waals surface area contributed by atoms with Crippen LogP contribution in [0.5, 0.6) is 0 Å². The molecule has 116 valence electrons. The second-order valence-electron chi connectivity index (χ2n) is 5.23. The number of urea groups is 1. The van der Waals surface area contributed by atoms with Gasteiger partial charge in [-0.1, -0.05) is 5.21 Å². The second kappa shape index (κ2) is 4.93. The molecule has 1 aromatic heterocycles. The summed E-state index contributed by atoms with van der Waals surface area (Å²) in [4.78, 5) is 13.7. The molecule has 3 rings (SSSR count). The fourth-order valence-corrected chi connectivity index (χ4v) is 3.19. The van der Waals surface area contributed by atoms with E-state index >= 15 is 0 Å². The van der Waals surface area contributed by atoms with Crippen LogP contribution in [-0.4, -0.2) is 62.6 Å². The lowest BCUT2D eigenvalue weighted by atomic mass is 10.0. The van der Waals surface area contributed by atoms with Gasteiger partial charge in [0.05, 0.1) is 24.3 Å². The minimum absolute atomic E-state index is 0.107. The second-order valence-corrected chi connectivity index (χ2v) is 6.23. The molecule has 10 nitrogen and oxygen atoms in total. The maximum Gasteiger partial charge on any atom is 0.418 e. The van der Waals surface area contributed by atoms with Crippen molar-refractivity contribution < 1.29 is 22.0 Å². The number of carbonyl (C=O) groups excluding carboxylic acids is 1. The van der Waals surface area contributed by atoms with Crippen LogP contribution in [0.4, 0.5) is 4.79 Å². The minimum atomic E-state index is -4.70. The molecule has 2 atom stereocenters. The highest BCUT2D eigenvalue weighted by Gasteiger charge is 2.47. The number of hydroxylamine groups is 2. The van der Waals surface area contributed by atoms with E-state index in [-0.39, 0.29) is 12.1 Å². The van der Waals surface area contributed by atoms with Crippen LogP contribution in [0.15, 0.2) is 6.20 Å². The van der Waals surface area contributed by atoms with Gasteiger partial charge in [-0.3, -0.25) is 9.23 Å². The largest absolute Gasteiger partial charge is 0.418 e. The van der Waals surface area contributed by atoms with E-state index in [1.165, 1.54) is 4.90 Å². The Labute approximate surface area is 121 Å². The Morgan fingerprint density at radius 3 is 2.86 bits per heavy atom. The Bertz CT molecular complexity index is 659. The minimum Gasteiger partial charge on any atom is -0.316 e. The van der Waals surface area contributed by atoms with Gasteiger partial charge in [0.25, 0.3) is 0 Å². The normalized spacial score (nSPS) is 25.7. The zero-order chi connectivity index (χ0) is 15.2. The lowest BCUT2D eigenvalue weighted by Gasteiger charge is -2.29. The van der Waals surface area contributed by atoms with Crippen molar-refractivity contribution in [1.29, 1.82) is 0 Å². The van der Waals surface area contributed by atoms with E-state index in [2.05, 4.69) is 14.6 Å². The summed E-state index contributed by atoms with van der Waals surface area (Å²) in [7, 11) is -4.70. The summed E-state index contributed by atoms with van der Waals surface area (Å²) in [6.45, 7) is 2.68. The van der Waals surface area contributed by atoms with Gasteiger partial charge in [0.1, 0.15) is 0 Å². The highest BCUT2D eigenvalue weighted by Crippen LogP contribution is 2.31. The monoisotopic (exact) mass is 317 g/mol. The summed E-state index contributed by atoms with van der Waals surface area (Å²) < 4.78 is 36.3. The van der Waals surface area contributed by atoms with Gasteiger partial charge in [-0.25, -0.2) is 4.79 Å². The van der Waals surface area contributed by atoms with Crippen molar-refractivity contribution in [2.75, 3.05) is 6.54 Å². The van der Waals surface area contributed by atoms with Crippen LogP contribution in [0.1, 0.15) is 18.5 Å². The summed E-state index contributed by atoms with van der Waals surface area (Å²) in [5.41, 5.74) is 0.785. The molecular formula is C10H15N5O5S. The molecule has 1 aromatic rings. The molecule has 0 unspecified atom stereocenters. The summed E-state index contributed by atoms with van der Waals surface area (Å²) in [5, 5.41) is 8.57. The number of hydrogen-bond acceptors (Lipinski definition) is 6. The van der Waals surface area contributed by atoms with Crippen LogP contribution < -0.4 is 0 Å². The number of rotatable bonds is 4. The summed E-state index contributed by atoms with van der Waals surface area (Å²) >= 11 is 0. The van der Waals surface area contributed by atoms with Gasteiger partial charge in [0.15, 0.2) is 0 Å². The first-order valence-electron chi connectivity index (χ1n) is 6.47. The van der Waals surface area contributed by atoms with Crippen LogP contribution >= 0.6 is 0 Å². The molecule has 0 spiro atoms. The average Bonchev–Trinajstić information content (AvgIpc) is 2.89. The maximum absolute atomic E-state index is 12.2. The van der Waals surface area contributed by atoms with Crippen molar-refractivity contribution in [3.05, 3.63) is 11.9 Å². The van der Waals surface area contributed by atoms with Crippen LogP contribution in [0, 0.1) is 6.92 Å². The van der Waals surface area contributed by atoms with Crippen molar-refractivity contribution in [2.24, 2.45) is 0 Å². The molecule has 2 bridgehead atoms. The van der Waals surface area contributed by atoms with E-state index in [0.717, 1.165) is 10.8 Å². The summed E-state index contributed by atoms with van der Waals surface area (Å²) in [6, 6.07) is -1.03. The lowest BCUT2D eigenvalue weighted by Crippen LogP contribution is -2.42. The van der Waals surface area contributed by atoms with E-state index < -0.39 is 16.4 Å². The first-order chi connectivity index (χ1) is 9.83. The van der Waals surface area contributed by atoms with Crippen LogP contribution in [-0.2, 0) is 21.2 Å². The molecule has 3 heterocycles. The molecule has 2 amide bonds. The molecular weight excluding hydrogens is 302 g/mol. The number of nitrogens with zero attached hydrogens (tertiary/aromatic N) is 5. The Morgan fingerprint density at radius 1 is 1.48 bits per heavy atom. The van der Waals surface area contributed by atoms with Gasteiger partial charge in [0.2, 0.25) is 0 Å². The predicted octanol–water partition coefficient (Wildman–Crippen LogP) is -0.410. The predicted molar refractivity (Wildman–Crippen MR) is 68.1 cm³/mol. The molecule has 21 heavy (non-hydrogen) atoms. The molecule has 0 saturated carbocycles. The van der Waals surface area contributed by atoms with Gasteiger partial charge in [-0.15, -0.1) is 9.38 Å². The zero-order valence-electron chi connectivity index (χ0n) is 11.3. The first kappa shape index (κ1) is 14.2. The molecule has 0 radical (unpaired) electrons. The van der Waals surface area contributed by atoms with Gasteiger partial charge in [0, 0.05) is 12.7 Å². The van der Waals surface area contributed by atoms with Crippen molar-refractivity contribution in [2.45, 2.75) is 38.4 Å². The summed E-state index contributed by atoms with van der Waals surface area (Å²) in [6.07, 6.45) is 3.07. The van der Waals surface area contributed by atoms with E-state index in [4.69, 9.17) is 4.55 Å². The van der Waals surface area contributed by atoms with Gasteiger partial charge in [-0.2, -0.15) is 13.5 Å². The fraction of sp³-hybridized carbons (Fsp3) is 0.700. The molecule has 2 fully saturated rings. The fourth-order valence-electron chi connectivity index (χ4n) is 2.80. The SMILES string of the molecule is Cc1cn(C[C@@H]2CC[C@@H]3CN2C(=O)N3OS(=O)(=O)O)nn1. The number of hydrogen-bond donors (Lipinski definition) is 1. The number of aryl methyl sites for hydroxylation is 1. The Morgan fingerprint density at radius 2 is 2.24 bits per heavy atom. The van der Waals surface area contributed by atoms with Gasteiger partial charge < -0.3 is 4.90 Å². The highest BCUT2D eigenvalue weighted by molar-refractivity contribution is 7.80. The molecule has 2 aliphatic heterocycles. The maximum atomic E-state index is 12.2. The van der Waals surface area contributed by atoms with Gasteiger partial charge >= 0.3 is 16.4 Å². The quantitative estimate of drug-likeness (QED) is 0.750. The molecule has 0 aromatic carbocycles.